The van der Waals surface area contributed by atoms with Crippen LogP contribution in [0.4, 0.5) is 5.82 Å². The van der Waals surface area contributed by atoms with Gasteiger partial charge in [-0.25, -0.2) is 9.97 Å². The summed E-state index contributed by atoms with van der Waals surface area (Å²) in [6.07, 6.45) is 3.17. The molecular formula is C17H19N5O. The molecule has 0 radical (unpaired) electrons. The fraction of sp³-hybridized carbons (Fsp3) is 0.353. The first-order valence-corrected chi connectivity index (χ1v) is 7.91. The van der Waals surface area contributed by atoms with Crippen LogP contribution >= 0.6 is 0 Å². The molecule has 3 aromatic rings. The highest BCUT2D eigenvalue weighted by Crippen LogP contribution is 2.31. The van der Waals surface area contributed by atoms with E-state index in [2.05, 4.69) is 45.0 Å². The Morgan fingerprint density at radius 3 is 2.83 bits per heavy atom. The maximum Gasteiger partial charge on any atom is 0.220 e. The van der Waals surface area contributed by atoms with Crippen molar-refractivity contribution in [1.29, 1.82) is 0 Å². The second kappa shape index (κ2) is 5.22. The Balaban J connectivity index is 1.76. The quantitative estimate of drug-likeness (QED) is 0.759. The fourth-order valence-corrected chi connectivity index (χ4v) is 3.41. The summed E-state index contributed by atoms with van der Waals surface area (Å²) in [4.78, 5) is 25.9. The lowest BCUT2D eigenvalue weighted by Crippen LogP contribution is -2.39. The lowest BCUT2D eigenvalue weighted by atomic mass is 9.96. The number of benzene rings is 1. The second-order valence-corrected chi connectivity index (χ2v) is 6.26. The van der Waals surface area contributed by atoms with Gasteiger partial charge in [-0.2, -0.15) is 0 Å². The maximum atomic E-state index is 11.3. The number of nitrogens with one attached hydrogen (secondary N) is 1. The van der Waals surface area contributed by atoms with Crippen LogP contribution in [0, 0.1) is 12.8 Å². The van der Waals surface area contributed by atoms with Crippen molar-refractivity contribution in [1.82, 2.24) is 15.0 Å². The van der Waals surface area contributed by atoms with Gasteiger partial charge in [-0.05, 0) is 31.4 Å². The highest BCUT2D eigenvalue weighted by atomic mass is 16.1. The van der Waals surface area contributed by atoms with Gasteiger partial charge in [0, 0.05) is 29.9 Å². The molecule has 4 rings (SSSR count). The molecule has 6 nitrogen and oxygen atoms in total. The highest BCUT2D eigenvalue weighted by Gasteiger charge is 2.25. The molecule has 1 aliphatic heterocycles. The van der Waals surface area contributed by atoms with E-state index in [0.29, 0.717) is 0 Å². The average Bonchev–Trinajstić information content (AvgIpc) is 2.92. The average molecular weight is 309 g/mol. The molecule has 6 heteroatoms. The number of amides is 1. The number of nitrogens with two attached hydrogens (primary N) is 1. The monoisotopic (exact) mass is 309 g/mol. The van der Waals surface area contributed by atoms with Crippen molar-refractivity contribution in [3.05, 3.63) is 30.1 Å². The minimum absolute atomic E-state index is 0.0195. The summed E-state index contributed by atoms with van der Waals surface area (Å²) in [5.41, 5.74) is 9.61. The lowest BCUT2D eigenvalue weighted by Gasteiger charge is -2.31. The molecule has 3 N–H and O–H groups in total. The molecule has 1 fully saturated rings. The van der Waals surface area contributed by atoms with Crippen molar-refractivity contribution >= 4 is 33.7 Å². The van der Waals surface area contributed by atoms with Gasteiger partial charge in [0.15, 0.2) is 5.82 Å². The van der Waals surface area contributed by atoms with E-state index in [-0.39, 0.29) is 11.8 Å². The fourth-order valence-electron chi connectivity index (χ4n) is 3.41. The van der Waals surface area contributed by atoms with Crippen LogP contribution < -0.4 is 10.6 Å². The number of hydrogen-bond acceptors (Lipinski definition) is 4. The highest BCUT2D eigenvalue weighted by molar-refractivity contribution is 6.08. The SMILES string of the molecule is Cc1ccc2c(c1)[nH]c1c(N3CCC(C(N)=O)CC3)ncnc12. The predicted molar refractivity (Wildman–Crippen MR) is 90.3 cm³/mol. The summed E-state index contributed by atoms with van der Waals surface area (Å²) in [6, 6.07) is 6.31. The van der Waals surface area contributed by atoms with Crippen molar-refractivity contribution in [2.45, 2.75) is 19.8 Å². The van der Waals surface area contributed by atoms with Crippen LogP contribution in [-0.2, 0) is 4.79 Å². The van der Waals surface area contributed by atoms with E-state index in [1.54, 1.807) is 6.33 Å². The number of H-pyrrole nitrogens is 1. The Morgan fingerprint density at radius 2 is 2.09 bits per heavy atom. The number of carbonyl (C=O) groups excluding carboxylic acids is 1. The summed E-state index contributed by atoms with van der Waals surface area (Å²) in [6.45, 7) is 3.65. The Bertz CT molecular complexity index is 893. The van der Waals surface area contributed by atoms with E-state index in [1.165, 1.54) is 5.56 Å². The Labute approximate surface area is 133 Å². The number of aryl methyl sites for hydroxylation is 1. The molecule has 3 heterocycles. The normalized spacial score (nSPS) is 16.3. The van der Waals surface area contributed by atoms with Gasteiger partial charge in [0.05, 0.1) is 0 Å². The maximum absolute atomic E-state index is 11.3. The summed E-state index contributed by atoms with van der Waals surface area (Å²) < 4.78 is 0. The number of aromatic nitrogens is 3. The number of piperidine rings is 1. The van der Waals surface area contributed by atoms with Crippen LogP contribution in [0.3, 0.4) is 0 Å². The van der Waals surface area contributed by atoms with Gasteiger partial charge in [-0.3, -0.25) is 4.79 Å². The standard InChI is InChI=1S/C17H19N5O/c1-10-2-3-12-13(8-10)21-15-14(12)19-9-20-17(15)22-6-4-11(5-7-22)16(18)23/h2-3,8-9,11,21H,4-7H2,1H3,(H2,18,23). The third-order valence-corrected chi connectivity index (χ3v) is 4.71. The van der Waals surface area contributed by atoms with Crippen molar-refractivity contribution in [2.75, 3.05) is 18.0 Å². The first-order chi connectivity index (χ1) is 11.1. The van der Waals surface area contributed by atoms with Crippen molar-refractivity contribution < 1.29 is 4.79 Å². The smallest absolute Gasteiger partial charge is 0.220 e. The molecule has 1 amide bonds. The van der Waals surface area contributed by atoms with Crippen LogP contribution in [0.15, 0.2) is 24.5 Å². The number of anilines is 1. The Morgan fingerprint density at radius 1 is 1.30 bits per heavy atom. The molecule has 118 valence electrons. The zero-order valence-electron chi connectivity index (χ0n) is 13.0. The van der Waals surface area contributed by atoms with Gasteiger partial charge in [0.1, 0.15) is 17.4 Å². The predicted octanol–water partition coefficient (Wildman–Crippen LogP) is 2.12. The molecule has 0 unspecified atom stereocenters. The zero-order valence-corrected chi connectivity index (χ0v) is 13.0. The van der Waals surface area contributed by atoms with Crippen molar-refractivity contribution in [3.63, 3.8) is 0 Å². The number of hydrogen-bond donors (Lipinski definition) is 2. The molecule has 2 aromatic heterocycles. The third kappa shape index (κ3) is 2.30. The van der Waals surface area contributed by atoms with Crippen molar-refractivity contribution in [3.8, 4) is 0 Å². The molecule has 1 aliphatic rings. The third-order valence-electron chi connectivity index (χ3n) is 4.71. The number of fused-ring (bicyclic) bond motifs is 3. The number of nitrogens with zero attached hydrogens (tertiary/aromatic N) is 3. The molecule has 0 aliphatic carbocycles. The summed E-state index contributed by atoms with van der Waals surface area (Å²) in [5.74, 6) is 0.694. The van der Waals surface area contributed by atoms with Crippen LogP contribution in [0.1, 0.15) is 18.4 Å². The molecule has 0 bridgehead atoms. The van der Waals surface area contributed by atoms with E-state index >= 15 is 0 Å². The van der Waals surface area contributed by atoms with Crippen LogP contribution in [0.2, 0.25) is 0 Å². The van der Waals surface area contributed by atoms with E-state index < -0.39 is 0 Å². The van der Waals surface area contributed by atoms with E-state index in [1.807, 2.05) is 0 Å². The summed E-state index contributed by atoms with van der Waals surface area (Å²) >= 11 is 0. The molecule has 1 saturated heterocycles. The van der Waals surface area contributed by atoms with E-state index in [0.717, 1.165) is 53.7 Å². The minimum atomic E-state index is -0.196. The van der Waals surface area contributed by atoms with Gasteiger partial charge in [0.2, 0.25) is 5.91 Å². The Kier molecular flexibility index (Phi) is 3.18. The largest absolute Gasteiger partial charge is 0.369 e. The zero-order chi connectivity index (χ0) is 16.0. The number of aromatic amines is 1. The summed E-state index contributed by atoms with van der Waals surface area (Å²) in [7, 11) is 0. The first kappa shape index (κ1) is 14.0. The molecule has 0 saturated carbocycles. The number of carbonyl (C=O) groups is 1. The molecule has 23 heavy (non-hydrogen) atoms. The van der Waals surface area contributed by atoms with Crippen LogP contribution in [0.5, 0.6) is 0 Å². The lowest BCUT2D eigenvalue weighted by molar-refractivity contribution is -0.122. The number of rotatable bonds is 2. The topological polar surface area (TPSA) is 87.9 Å². The molecule has 1 aromatic carbocycles. The second-order valence-electron chi connectivity index (χ2n) is 6.26. The van der Waals surface area contributed by atoms with Gasteiger partial charge in [-0.1, -0.05) is 12.1 Å². The first-order valence-electron chi connectivity index (χ1n) is 7.91. The van der Waals surface area contributed by atoms with Crippen LogP contribution in [0.25, 0.3) is 21.9 Å². The van der Waals surface area contributed by atoms with E-state index in [4.69, 9.17) is 5.73 Å². The number of primary amides is 1. The minimum Gasteiger partial charge on any atom is -0.369 e. The van der Waals surface area contributed by atoms with Gasteiger partial charge >= 0.3 is 0 Å². The summed E-state index contributed by atoms with van der Waals surface area (Å²) in [5, 5.41) is 1.11. The van der Waals surface area contributed by atoms with Gasteiger partial charge < -0.3 is 15.6 Å². The van der Waals surface area contributed by atoms with Crippen molar-refractivity contribution in [2.24, 2.45) is 11.7 Å². The van der Waals surface area contributed by atoms with E-state index in [9.17, 15) is 4.79 Å². The molecular weight excluding hydrogens is 290 g/mol. The van der Waals surface area contributed by atoms with Crippen LogP contribution in [-0.4, -0.2) is 33.9 Å². The molecule has 0 atom stereocenters. The van der Waals surface area contributed by atoms with Gasteiger partial charge in [-0.15, -0.1) is 0 Å². The molecule has 0 spiro atoms. The van der Waals surface area contributed by atoms with Gasteiger partial charge in [0.25, 0.3) is 0 Å². The Hall–Kier alpha value is -2.63.